The summed E-state index contributed by atoms with van der Waals surface area (Å²) in [5.74, 6) is 0.528. The van der Waals surface area contributed by atoms with Crippen LogP contribution in [0.25, 0.3) is 0 Å². The third-order valence-corrected chi connectivity index (χ3v) is 7.61. The Bertz CT molecular complexity index is 543. The minimum absolute atomic E-state index is 0.154. The maximum Gasteiger partial charge on any atom is 0.227 e. The van der Waals surface area contributed by atoms with E-state index in [-0.39, 0.29) is 22.6 Å². The average molecular weight is 407 g/mol. The van der Waals surface area contributed by atoms with Crippen molar-refractivity contribution in [2.24, 2.45) is 10.8 Å². The molecule has 0 saturated carbocycles. The van der Waals surface area contributed by atoms with E-state index in [1.807, 2.05) is 0 Å². The predicted octanol–water partition coefficient (Wildman–Crippen LogP) is 0.987. The summed E-state index contributed by atoms with van der Waals surface area (Å²) >= 11 is 0. The molecule has 7 heteroatoms. The smallest absolute Gasteiger partial charge is 0.227 e. The van der Waals surface area contributed by atoms with Crippen molar-refractivity contribution in [3.63, 3.8) is 0 Å². The highest BCUT2D eigenvalue weighted by atomic mass is 16.5. The topological polar surface area (TPSA) is 73.9 Å². The molecule has 2 N–H and O–H groups in total. The van der Waals surface area contributed by atoms with Crippen LogP contribution >= 0.6 is 0 Å². The normalized spacial score (nSPS) is 34.3. The second-order valence-corrected chi connectivity index (χ2v) is 9.65. The Labute approximate surface area is 174 Å². The van der Waals surface area contributed by atoms with Gasteiger partial charge >= 0.3 is 0 Å². The van der Waals surface area contributed by atoms with E-state index in [1.54, 1.807) is 0 Å². The summed E-state index contributed by atoms with van der Waals surface area (Å²) in [6, 6.07) is 0. The highest BCUT2D eigenvalue weighted by Crippen LogP contribution is 2.37. The Morgan fingerprint density at radius 2 is 1.17 bits per heavy atom. The molecule has 4 aliphatic heterocycles. The minimum atomic E-state index is -0.154. The number of carbonyl (C=O) groups is 2. The van der Waals surface area contributed by atoms with E-state index in [1.165, 1.54) is 0 Å². The van der Waals surface area contributed by atoms with Crippen LogP contribution < -0.4 is 10.6 Å². The lowest BCUT2D eigenvalue weighted by molar-refractivity contribution is -0.137. The Morgan fingerprint density at radius 3 is 1.62 bits per heavy atom. The molecular weight excluding hydrogens is 368 g/mol. The zero-order valence-corrected chi connectivity index (χ0v) is 17.8. The van der Waals surface area contributed by atoms with E-state index in [4.69, 9.17) is 4.74 Å². The Balaban J connectivity index is 1.16. The number of ether oxygens (including phenoxy) is 1. The Morgan fingerprint density at radius 1 is 0.724 bits per heavy atom. The number of nitrogens with one attached hydrogen (secondary N) is 2. The molecule has 4 aliphatic rings. The molecule has 4 rings (SSSR count). The Hall–Kier alpha value is -1.18. The van der Waals surface area contributed by atoms with Crippen LogP contribution in [0.2, 0.25) is 0 Å². The fourth-order valence-corrected chi connectivity index (χ4v) is 5.96. The zero-order valence-electron chi connectivity index (χ0n) is 17.8. The summed E-state index contributed by atoms with van der Waals surface area (Å²) in [7, 11) is 0. The molecule has 29 heavy (non-hydrogen) atoms. The van der Waals surface area contributed by atoms with Crippen LogP contribution in [0.1, 0.15) is 51.4 Å². The molecule has 0 aromatic rings. The molecule has 0 aromatic heterocycles. The Kier molecular flexibility index (Phi) is 6.76. The first-order valence-electron chi connectivity index (χ1n) is 11.7. The molecule has 4 heterocycles. The van der Waals surface area contributed by atoms with Gasteiger partial charge in [-0.2, -0.15) is 0 Å². The molecular formula is C22H38N4O3. The van der Waals surface area contributed by atoms with Crippen LogP contribution in [0.4, 0.5) is 0 Å². The molecule has 0 radical (unpaired) electrons. The molecule has 2 atom stereocenters. The summed E-state index contributed by atoms with van der Waals surface area (Å²) in [5, 5.41) is 6.15. The number of likely N-dealkylation sites (tertiary alicyclic amines) is 2. The lowest BCUT2D eigenvalue weighted by Crippen LogP contribution is -2.55. The molecule has 2 spiro atoms. The molecule has 0 aromatic carbocycles. The van der Waals surface area contributed by atoms with Crippen molar-refractivity contribution in [1.29, 1.82) is 0 Å². The van der Waals surface area contributed by atoms with Crippen molar-refractivity contribution in [3.05, 3.63) is 0 Å². The first-order chi connectivity index (χ1) is 14.1. The van der Waals surface area contributed by atoms with Crippen molar-refractivity contribution in [2.75, 3.05) is 65.6 Å². The lowest BCUT2D eigenvalue weighted by Gasteiger charge is -2.44. The van der Waals surface area contributed by atoms with Crippen molar-refractivity contribution in [3.8, 4) is 0 Å². The van der Waals surface area contributed by atoms with Crippen molar-refractivity contribution >= 4 is 11.8 Å². The van der Waals surface area contributed by atoms with E-state index in [0.717, 1.165) is 117 Å². The van der Waals surface area contributed by atoms with Gasteiger partial charge in [-0.05, 0) is 64.5 Å². The maximum absolute atomic E-state index is 12.4. The largest absolute Gasteiger partial charge is 0.379 e. The third kappa shape index (κ3) is 4.78. The minimum Gasteiger partial charge on any atom is -0.379 e. The molecule has 7 nitrogen and oxygen atoms in total. The van der Waals surface area contributed by atoms with Gasteiger partial charge in [0.05, 0.1) is 24.0 Å². The van der Waals surface area contributed by atoms with Gasteiger partial charge in [0.25, 0.3) is 0 Å². The van der Waals surface area contributed by atoms with Gasteiger partial charge in [0.15, 0.2) is 0 Å². The molecule has 4 saturated heterocycles. The highest BCUT2D eigenvalue weighted by molar-refractivity contribution is 5.84. The molecule has 4 fully saturated rings. The van der Waals surface area contributed by atoms with E-state index in [9.17, 15) is 9.59 Å². The van der Waals surface area contributed by atoms with E-state index < -0.39 is 0 Å². The van der Waals surface area contributed by atoms with Gasteiger partial charge in [-0.15, -0.1) is 0 Å². The van der Waals surface area contributed by atoms with Gasteiger partial charge in [0, 0.05) is 39.3 Å². The number of hydrogen-bond acceptors (Lipinski definition) is 5. The average Bonchev–Trinajstić information content (AvgIpc) is 2.73. The predicted molar refractivity (Wildman–Crippen MR) is 112 cm³/mol. The summed E-state index contributed by atoms with van der Waals surface area (Å²) in [4.78, 5) is 29.7. The van der Waals surface area contributed by atoms with Crippen LogP contribution in [0.5, 0.6) is 0 Å². The van der Waals surface area contributed by atoms with Gasteiger partial charge in [-0.25, -0.2) is 0 Å². The molecule has 2 unspecified atom stereocenters. The second kappa shape index (κ2) is 9.31. The number of hydrogen-bond donors (Lipinski definition) is 2. The van der Waals surface area contributed by atoms with Gasteiger partial charge in [-0.1, -0.05) is 0 Å². The lowest BCUT2D eigenvalue weighted by atomic mass is 9.73. The number of amides is 2. The first kappa shape index (κ1) is 21.1. The SMILES string of the molecule is O=C1NCCCC12CCCN(CCOCCN1CCCC3(CCCNC3=O)C1)C2. The van der Waals surface area contributed by atoms with E-state index in [0.29, 0.717) is 0 Å². The second-order valence-electron chi connectivity index (χ2n) is 9.65. The third-order valence-electron chi connectivity index (χ3n) is 7.61. The number of rotatable bonds is 6. The quantitative estimate of drug-likeness (QED) is 0.644. The zero-order chi connectivity index (χ0) is 20.2. The van der Waals surface area contributed by atoms with Crippen molar-refractivity contribution < 1.29 is 14.3 Å². The van der Waals surface area contributed by atoms with Crippen molar-refractivity contribution in [2.45, 2.75) is 51.4 Å². The summed E-state index contributed by atoms with van der Waals surface area (Å²) < 4.78 is 5.96. The van der Waals surface area contributed by atoms with Crippen LogP contribution in [-0.2, 0) is 14.3 Å². The van der Waals surface area contributed by atoms with Gasteiger partial charge in [0.2, 0.25) is 11.8 Å². The van der Waals surface area contributed by atoms with Crippen LogP contribution in [0, 0.1) is 10.8 Å². The van der Waals surface area contributed by atoms with Gasteiger partial charge < -0.3 is 15.4 Å². The van der Waals surface area contributed by atoms with Gasteiger partial charge in [-0.3, -0.25) is 19.4 Å². The summed E-state index contributed by atoms with van der Waals surface area (Å²) in [6.07, 6.45) is 8.52. The van der Waals surface area contributed by atoms with Gasteiger partial charge in [0.1, 0.15) is 0 Å². The van der Waals surface area contributed by atoms with Crippen molar-refractivity contribution in [1.82, 2.24) is 20.4 Å². The van der Waals surface area contributed by atoms with Crippen LogP contribution in [0.15, 0.2) is 0 Å². The van der Waals surface area contributed by atoms with E-state index >= 15 is 0 Å². The molecule has 2 amide bonds. The standard InChI is InChI=1S/C22H38N4O3/c27-19-21(5-1-9-23-19)7-3-11-25(17-21)13-15-29-16-14-26-12-4-8-22(18-26)6-2-10-24-20(22)28/h1-18H2,(H,23,27)(H,24,28). The number of piperidine rings is 4. The van der Waals surface area contributed by atoms with E-state index in [2.05, 4.69) is 20.4 Å². The number of carbonyl (C=O) groups excluding carboxylic acids is 2. The van der Waals surface area contributed by atoms with Crippen LogP contribution in [0.3, 0.4) is 0 Å². The maximum atomic E-state index is 12.4. The highest BCUT2D eigenvalue weighted by Gasteiger charge is 2.44. The number of nitrogens with zero attached hydrogens (tertiary/aromatic N) is 2. The summed E-state index contributed by atoms with van der Waals surface area (Å²) in [6.45, 7) is 8.82. The monoisotopic (exact) mass is 406 g/mol. The van der Waals surface area contributed by atoms with Crippen LogP contribution in [-0.4, -0.2) is 87.2 Å². The molecule has 164 valence electrons. The molecule has 0 aliphatic carbocycles. The first-order valence-corrected chi connectivity index (χ1v) is 11.7. The fourth-order valence-electron chi connectivity index (χ4n) is 5.96. The fraction of sp³-hybridized carbons (Fsp3) is 0.909. The summed E-state index contributed by atoms with van der Waals surface area (Å²) in [5.41, 5.74) is -0.307. The molecule has 0 bridgehead atoms.